The second-order valence-corrected chi connectivity index (χ2v) is 7.41. The van der Waals surface area contributed by atoms with E-state index in [-0.39, 0.29) is 17.9 Å². The first-order valence-corrected chi connectivity index (χ1v) is 9.76. The number of pyridine rings is 1. The molecule has 1 atom stereocenters. The number of hydrogen-bond acceptors (Lipinski definition) is 5. The zero-order chi connectivity index (χ0) is 18.6. The molecule has 0 aromatic carbocycles. The molecule has 7 nitrogen and oxygen atoms in total. The summed E-state index contributed by atoms with van der Waals surface area (Å²) in [6, 6.07) is 8.23. The summed E-state index contributed by atoms with van der Waals surface area (Å²) in [7, 11) is 1.92. The lowest BCUT2D eigenvalue weighted by molar-refractivity contribution is -0.146. The molecule has 1 N–H and O–H groups in total. The molecule has 1 aliphatic heterocycles. The maximum Gasteiger partial charge on any atom is 0.226 e. The first kappa shape index (κ1) is 18.0. The highest BCUT2D eigenvalue weighted by Gasteiger charge is 2.36. The molecular formula is C20H27N5O2. The van der Waals surface area contributed by atoms with Crippen LogP contribution in [0.4, 0.5) is 5.82 Å². The zero-order valence-corrected chi connectivity index (χ0v) is 15.8. The van der Waals surface area contributed by atoms with Crippen LogP contribution in [-0.2, 0) is 16.6 Å². The molecule has 0 bridgehead atoms. The average molecular weight is 369 g/mol. The van der Waals surface area contributed by atoms with Gasteiger partial charge in [0.2, 0.25) is 5.91 Å². The Morgan fingerprint density at radius 2 is 2.04 bits per heavy atom. The Morgan fingerprint density at radius 3 is 2.74 bits per heavy atom. The molecule has 7 heteroatoms. The Labute approximate surface area is 159 Å². The van der Waals surface area contributed by atoms with Crippen molar-refractivity contribution in [1.29, 1.82) is 0 Å². The summed E-state index contributed by atoms with van der Waals surface area (Å²) in [6.07, 6.45) is 7.40. The minimum absolute atomic E-state index is 0.0388. The van der Waals surface area contributed by atoms with Crippen LogP contribution < -0.4 is 5.32 Å². The lowest BCUT2D eigenvalue weighted by Gasteiger charge is -2.39. The second-order valence-electron chi connectivity index (χ2n) is 7.41. The van der Waals surface area contributed by atoms with Gasteiger partial charge in [-0.3, -0.25) is 9.48 Å². The third-order valence-corrected chi connectivity index (χ3v) is 5.71. The normalized spacial score (nSPS) is 26.0. The zero-order valence-electron chi connectivity index (χ0n) is 15.8. The van der Waals surface area contributed by atoms with Gasteiger partial charge in [0.05, 0.1) is 24.9 Å². The van der Waals surface area contributed by atoms with Gasteiger partial charge in [-0.1, -0.05) is 6.07 Å². The summed E-state index contributed by atoms with van der Waals surface area (Å²) in [5.74, 6) is 1.28. The molecule has 144 valence electrons. The number of aryl methyl sites for hydroxylation is 1. The molecule has 1 aliphatic carbocycles. The summed E-state index contributed by atoms with van der Waals surface area (Å²) in [6.45, 7) is 1.80. The van der Waals surface area contributed by atoms with Crippen molar-refractivity contribution in [3.8, 4) is 0 Å². The van der Waals surface area contributed by atoms with Gasteiger partial charge in [-0.05, 0) is 43.9 Å². The van der Waals surface area contributed by atoms with Crippen molar-refractivity contribution in [2.24, 2.45) is 13.0 Å². The van der Waals surface area contributed by atoms with Gasteiger partial charge in [-0.15, -0.1) is 0 Å². The smallest absolute Gasteiger partial charge is 0.226 e. The van der Waals surface area contributed by atoms with Crippen LogP contribution in [0, 0.1) is 5.92 Å². The van der Waals surface area contributed by atoms with E-state index < -0.39 is 0 Å². The monoisotopic (exact) mass is 369 g/mol. The second kappa shape index (κ2) is 8.08. The fraction of sp³-hybridized carbons (Fsp3) is 0.550. The number of ether oxygens (including phenoxy) is 1. The van der Waals surface area contributed by atoms with Crippen molar-refractivity contribution in [2.45, 2.75) is 37.8 Å². The number of nitrogens with zero attached hydrogens (tertiary/aromatic N) is 4. The van der Waals surface area contributed by atoms with Gasteiger partial charge in [-0.25, -0.2) is 4.98 Å². The van der Waals surface area contributed by atoms with Crippen molar-refractivity contribution in [3.05, 3.63) is 42.4 Å². The standard InChI is InChI=1S/C20H27N5O2/c1-24-17(9-11-22-24)18-14-27-13-12-25(18)20(26)15-5-7-16(8-6-15)23-19-4-2-3-10-21-19/h2-4,9-11,15-16,18H,5-8,12-14H2,1H3,(H,21,23). The molecular weight excluding hydrogens is 342 g/mol. The highest BCUT2D eigenvalue weighted by atomic mass is 16.5. The average Bonchev–Trinajstić information content (AvgIpc) is 3.14. The van der Waals surface area contributed by atoms with Crippen molar-refractivity contribution >= 4 is 11.7 Å². The summed E-state index contributed by atoms with van der Waals surface area (Å²) >= 11 is 0. The van der Waals surface area contributed by atoms with Gasteiger partial charge < -0.3 is 15.0 Å². The van der Waals surface area contributed by atoms with Gasteiger partial charge in [-0.2, -0.15) is 5.10 Å². The number of morpholine rings is 1. The maximum atomic E-state index is 13.2. The SMILES string of the molecule is Cn1nccc1C1COCCN1C(=O)C1CCC(Nc2ccccn2)CC1. The summed E-state index contributed by atoms with van der Waals surface area (Å²) < 4.78 is 7.50. The van der Waals surface area contributed by atoms with E-state index in [1.807, 2.05) is 40.9 Å². The fourth-order valence-electron chi connectivity index (χ4n) is 4.20. The Morgan fingerprint density at radius 1 is 1.19 bits per heavy atom. The third-order valence-electron chi connectivity index (χ3n) is 5.71. The van der Waals surface area contributed by atoms with Crippen LogP contribution in [0.2, 0.25) is 0 Å². The van der Waals surface area contributed by atoms with E-state index in [1.54, 1.807) is 12.4 Å². The van der Waals surface area contributed by atoms with Crippen molar-refractivity contribution in [3.63, 3.8) is 0 Å². The van der Waals surface area contributed by atoms with Gasteiger partial charge >= 0.3 is 0 Å². The minimum atomic E-state index is -0.0388. The molecule has 0 radical (unpaired) electrons. The van der Waals surface area contributed by atoms with Crippen LogP contribution in [0.1, 0.15) is 37.4 Å². The highest BCUT2D eigenvalue weighted by molar-refractivity contribution is 5.79. The lowest BCUT2D eigenvalue weighted by Crippen LogP contribution is -2.47. The number of carbonyl (C=O) groups is 1. The Hall–Kier alpha value is -2.41. The van der Waals surface area contributed by atoms with E-state index in [0.717, 1.165) is 37.2 Å². The molecule has 27 heavy (non-hydrogen) atoms. The largest absolute Gasteiger partial charge is 0.377 e. The topological polar surface area (TPSA) is 72.3 Å². The molecule has 2 aliphatic rings. The van der Waals surface area contributed by atoms with Crippen molar-refractivity contribution in [1.82, 2.24) is 19.7 Å². The maximum absolute atomic E-state index is 13.2. The van der Waals surface area contributed by atoms with Gasteiger partial charge in [0.1, 0.15) is 5.82 Å². The molecule has 4 rings (SSSR count). The molecule has 1 saturated heterocycles. The molecule has 2 aromatic heterocycles. The third kappa shape index (κ3) is 3.98. The van der Waals surface area contributed by atoms with Crippen LogP contribution >= 0.6 is 0 Å². The molecule has 3 heterocycles. The van der Waals surface area contributed by atoms with Crippen LogP contribution in [0.3, 0.4) is 0 Å². The van der Waals surface area contributed by atoms with E-state index in [0.29, 0.717) is 25.8 Å². The molecule has 1 unspecified atom stereocenters. The first-order valence-electron chi connectivity index (χ1n) is 9.76. The Kier molecular flexibility index (Phi) is 5.38. The predicted octanol–water partition coefficient (Wildman–Crippen LogP) is 2.39. The van der Waals surface area contributed by atoms with E-state index in [1.165, 1.54) is 0 Å². The molecule has 2 fully saturated rings. The number of amides is 1. The number of nitrogens with one attached hydrogen (secondary N) is 1. The number of rotatable bonds is 4. The van der Waals surface area contributed by atoms with Gasteiger partial charge in [0.15, 0.2) is 0 Å². The van der Waals surface area contributed by atoms with E-state index in [9.17, 15) is 4.79 Å². The Bertz CT molecular complexity index is 755. The van der Waals surface area contributed by atoms with E-state index in [4.69, 9.17) is 4.74 Å². The van der Waals surface area contributed by atoms with Crippen molar-refractivity contribution < 1.29 is 9.53 Å². The quantitative estimate of drug-likeness (QED) is 0.896. The number of carbonyl (C=O) groups excluding carboxylic acids is 1. The lowest BCUT2D eigenvalue weighted by atomic mass is 9.84. The Balaban J connectivity index is 1.37. The number of anilines is 1. The summed E-state index contributed by atoms with van der Waals surface area (Å²) in [4.78, 5) is 19.6. The summed E-state index contributed by atoms with van der Waals surface area (Å²) in [5, 5.41) is 7.75. The van der Waals surface area contributed by atoms with Crippen molar-refractivity contribution in [2.75, 3.05) is 25.1 Å². The van der Waals surface area contributed by atoms with Gasteiger partial charge in [0.25, 0.3) is 0 Å². The van der Waals surface area contributed by atoms with Crippen LogP contribution in [0.15, 0.2) is 36.7 Å². The first-order chi connectivity index (χ1) is 13.2. The summed E-state index contributed by atoms with van der Waals surface area (Å²) in [5.41, 5.74) is 1.04. The highest BCUT2D eigenvalue weighted by Crippen LogP contribution is 2.32. The number of aromatic nitrogens is 3. The fourth-order valence-corrected chi connectivity index (χ4v) is 4.20. The van der Waals surface area contributed by atoms with Gasteiger partial charge in [0, 0.05) is 37.9 Å². The van der Waals surface area contributed by atoms with Crippen LogP contribution in [0.25, 0.3) is 0 Å². The molecule has 1 saturated carbocycles. The molecule has 0 spiro atoms. The minimum Gasteiger partial charge on any atom is -0.377 e. The van der Waals surface area contributed by atoms with Crippen LogP contribution in [0.5, 0.6) is 0 Å². The van der Waals surface area contributed by atoms with E-state index in [2.05, 4.69) is 15.4 Å². The van der Waals surface area contributed by atoms with E-state index >= 15 is 0 Å². The number of hydrogen-bond donors (Lipinski definition) is 1. The molecule has 1 amide bonds. The predicted molar refractivity (Wildman–Crippen MR) is 102 cm³/mol. The molecule has 2 aromatic rings. The van der Waals surface area contributed by atoms with Crippen LogP contribution in [-0.4, -0.2) is 51.4 Å².